The molecule has 86 valence electrons. The van der Waals surface area contributed by atoms with E-state index in [2.05, 4.69) is 43.9 Å². The van der Waals surface area contributed by atoms with Crippen LogP contribution in [0.2, 0.25) is 0 Å². The highest BCUT2D eigenvalue weighted by atomic mass is 16.3. The smallest absolute Gasteiger partial charge is 0.120 e. The van der Waals surface area contributed by atoms with E-state index in [0.717, 1.165) is 18.4 Å². The zero-order valence-corrected chi connectivity index (χ0v) is 10.6. The standard InChI is InChI=1S/C15H20O/c1-5-12-7-8-14(13(6-2)11-12)9-10-15(3,4)16/h7-8,11,16H,5-6H2,1-4H3. The lowest BCUT2D eigenvalue weighted by Gasteiger charge is -2.08. The van der Waals surface area contributed by atoms with Gasteiger partial charge in [0.2, 0.25) is 0 Å². The van der Waals surface area contributed by atoms with Gasteiger partial charge < -0.3 is 5.11 Å². The number of benzene rings is 1. The Morgan fingerprint density at radius 3 is 2.38 bits per heavy atom. The van der Waals surface area contributed by atoms with Crippen molar-refractivity contribution in [3.63, 3.8) is 0 Å². The van der Waals surface area contributed by atoms with Gasteiger partial charge in [0, 0.05) is 5.56 Å². The van der Waals surface area contributed by atoms with Crippen molar-refractivity contribution in [1.29, 1.82) is 0 Å². The zero-order chi connectivity index (χ0) is 12.2. The Balaban J connectivity index is 3.08. The molecule has 0 fully saturated rings. The summed E-state index contributed by atoms with van der Waals surface area (Å²) in [5.74, 6) is 5.91. The van der Waals surface area contributed by atoms with Crippen molar-refractivity contribution in [2.75, 3.05) is 0 Å². The lowest BCUT2D eigenvalue weighted by atomic mass is 10.00. The molecule has 0 aliphatic carbocycles. The molecule has 1 rings (SSSR count). The van der Waals surface area contributed by atoms with Gasteiger partial charge in [0.25, 0.3) is 0 Å². The van der Waals surface area contributed by atoms with E-state index >= 15 is 0 Å². The molecule has 0 heterocycles. The van der Waals surface area contributed by atoms with E-state index in [0.29, 0.717) is 0 Å². The molecule has 1 aromatic carbocycles. The van der Waals surface area contributed by atoms with Crippen molar-refractivity contribution in [2.24, 2.45) is 0 Å². The Bertz CT molecular complexity index is 413. The second-order valence-corrected chi connectivity index (χ2v) is 4.51. The van der Waals surface area contributed by atoms with Crippen LogP contribution in [-0.4, -0.2) is 10.7 Å². The second-order valence-electron chi connectivity index (χ2n) is 4.51. The van der Waals surface area contributed by atoms with Crippen LogP contribution < -0.4 is 0 Å². The van der Waals surface area contributed by atoms with Crippen molar-refractivity contribution in [3.05, 3.63) is 34.9 Å². The maximum Gasteiger partial charge on any atom is 0.120 e. The largest absolute Gasteiger partial charge is 0.378 e. The molecule has 0 aliphatic heterocycles. The monoisotopic (exact) mass is 216 g/mol. The Hall–Kier alpha value is -1.26. The molecule has 0 amide bonds. The van der Waals surface area contributed by atoms with Gasteiger partial charge in [0.15, 0.2) is 0 Å². The van der Waals surface area contributed by atoms with Crippen LogP contribution in [0.5, 0.6) is 0 Å². The highest BCUT2D eigenvalue weighted by Gasteiger charge is 2.06. The third-order valence-corrected chi connectivity index (χ3v) is 2.46. The van der Waals surface area contributed by atoms with Gasteiger partial charge in [-0.2, -0.15) is 0 Å². The molecule has 0 saturated heterocycles. The lowest BCUT2D eigenvalue weighted by Crippen LogP contribution is -2.14. The number of rotatable bonds is 2. The SMILES string of the molecule is CCc1ccc(C#CC(C)(C)O)c(CC)c1. The third-order valence-electron chi connectivity index (χ3n) is 2.46. The predicted octanol–water partition coefficient (Wildman–Crippen LogP) is 2.93. The topological polar surface area (TPSA) is 20.2 Å². The van der Waals surface area contributed by atoms with Crippen molar-refractivity contribution >= 4 is 0 Å². The molecule has 0 radical (unpaired) electrons. The molecule has 1 N–H and O–H groups in total. The summed E-state index contributed by atoms with van der Waals surface area (Å²) in [6.45, 7) is 7.68. The minimum atomic E-state index is -0.922. The predicted molar refractivity (Wildman–Crippen MR) is 68.4 cm³/mol. The first-order chi connectivity index (χ1) is 7.46. The van der Waals surface area contributed by atoms with E-state index in [4.69, 9.17) is 0 Å². The average molecular weight is 216 g/mol. The Morgan fingerprint density at radius 2 is 1.88 bits per heavy atom. The highest BCUT2D eigenvalue weighted by molar-refractivity contribution is 5.44. The summed E-state index contributed by atoms with van der Waals surface area (Å²) in [5.41, 5.74) is 2.71. The molecule has 0 aromatic heterocycles. The van der Waals surface area contributed by atoms with Crippen LogP contribution in [0.4, 0.5) is 0 Å². The fourth-order valence-electron chi connectivity index (χ4n) is 1.50. The molecule has 0 bridgehead atoms. The van der Waals surface area contributed by atoms with E-state index < -0.39 is 5.60 Å². The molecular weight excluding hydrogens is 196 g/mol. The van der Waals surface area contributed by atoms with E-state index in [1.165, 1.54) is 11.1 Å². The van der Waals surface area contributed by atoms with Crippen LogP contribution in [0.15, 0.2) is 18.2 Å². The van der Waals surface area contributed by atoms with Crippen LogP contribution in [0.3, 0.4) is 0 Å². The first-order valence-corrected chi connectivity index (χ1v) is 5.83. The second kappa shape index (κ2) is 5.18. The number of hydrogen-bond donors (Lipinski definition) is 1. The Kier molecular flexibility index (Phi) is 4.15. The summed E-state index contributed by atoms with van der Waals surface area (Å²) in [5, 5.41) is 9.57. The quantitative estimate of drug-likeness (QED) is 0.754. The number of hydrogen-bond acceptors (Lipinski definition) is 1. The molecule has 1 aromatic rings. The Morgan fingerprint density at radius 1 is 1.19 bits per heavy atom. The Labute approximate surface area is 98.5 Å². The van der Waals surface area contributed by atoms with E-state index in [-0.39, 0.29) is 0 Å². The summed E-state index contributed by atoms with van der Waals surface area (Å²) in [4.78, 5) is 0. The van der Waals surface area contributed by atoms with Crippen LogP contribution in [-0.2, 0) is 12.8 Å². The first-order valence-electron chi connectivity index (χ1n) is 5.83. The maximum absolute atomic E-state index is 9.57. The zero-order valence-electron chi connectivity index (χ0n) is 10.6. The van der Waals surface area contributed by atoms with E-state index in [1.807, 2.05) is 0 Å². The van der Waals surface area contributed by atoms with Crippen molar-refractivity contribution in [2.45, 2.75) is 46.1 Å². The summed E-state index contributed by atoms with van der Waals surface area (Å²) in [6.07, 6.45) is 2.02. The number of aryl methyl sites for hydroxylation is 2. The summed E-state index contributed by atoms with van der Waals surface area (Å²) in [7, 11) is 0. The van der Waals surface area contributed by atoms with Gasteiger partial charge in [-0.3, -0.25) is 0 Å². The van der Waals surface area contributed by atoms with Crippen LogP contribution in [0, 0.1) is 11.8 Å². The molecule has 0 saturated carbocycles. The van der Waals surface area contributed by atoms with Crippen molar-refractivity contribution < 1.29 is 5.11 Å². The normalized spacial score (nSPS) is 10.8. The fourth-order valence-corrected chi connectivity index (χ4v) is 1.50. The molecule has 1 nitrogen and oxygen atoms in total. The van der Waals surface area contributed by atoms with Crippen molar-refractivity contribution in [1.82, 2.24) is 0 Å². The fraction of sp³-hybridized carbons (Fsp3) is 0.467. The maximum atomic E-state index is 9.57. The van der Waals surface area contributed by atoms with Gasteiger partial charge in [0.05, 0.1) is 0 Å². The van der Waals surface area contributed by atoms with Gasteiger partial charge in [0.1, 0.15) is 5.60 Å². The molecule has 0 unspecified atom stereocenters. The van der Waals surface area contributed by atoms with Crippen LogP contribution >= 0.6 is 0 Å². The van der Waals surface area contributed by atoms with Crippen LogP contribution in [0.25, 0.3) is 0 Å². The van der Waals surface area contributed by atoms with Gasteiger partial charge in [-0.1, -0.05) is 37.8 Å². The van der Waals surface area contributed by atoms with Gasteiger partial charge >= 0.3 is 0 Å². The summed E-state index contributed by atoms with van der Waals surface area (Å²) >= 11 is 0. The minimum absolute atomic E-state index is 0.922. The average Bonchev–Trinajstić information content (AvgIpc) is 2.25. The minimum Gasteiger partial charge on any atom is -0.378 e. The molecule has 0 aliphatic rings. The van der Waals surface area contributed by atoms with Gasteiger partial charge in [-0.15, -0.1) is 0 Å². The molecule has 16 heavy (non-hydrogen) atoms. The first kappa shape index (κ1) is 12.8. The van der Waals surface area contributed by atoms with Gasteiger partial charge in [-0.05, 0) is 43.9 Å². The number of aliphatic hydroxyl groups is 1. The summed E-state index contributed by atoms with van der Waals surface area (Å²) in [6, 6.07) is 6.36. The molecule has 0 atom stereocenters. The molecule has 0 spiro atoms. The van der Waals surface area contributed by atoms with E-state index in [9.17, 15) is 5.11 Å². The van der Waals surface area contributed by atoms with Crippen LogP contribution in [0.1, 0.15) is 44.4 Å². The lowest BCUT2D eigenvalue weighted by molar-refractivity contribution is 0.143. The molecular formula is C15H20O. The third kappa shape index (κ3) is 3.72. The highest BCUT2D eigenvalue weighted by Crippen LogP contribution is 2.13. The van der Waals surface area contributed by atoms with E-state index in [1.54, 1.807) is 13.8 Å². The summed E-state index contributed by atoms with van der Waals surface area (Å²) < 4.78 is 0. The van der Waals surface area contributed by atoms with Crippen molar-refractivity contribution in [3.8, 4) is 11.8 Å². The van der Waals surface area contributed by atoms with Gasteiger partial charge in [-0.25, -0.2) is 0 Å². The molecule has 1 heteroatoms.